The standard InChI is InChI=1S/C15H16N2/c1-11-9-14(15(16-3)17-10-11)12(2)13-7-5-4-6-8-13/h4-10H,2H2,1,3H3,(H,16,17). The van der Waals surface area contributed by atoms with Gasteiger partial charge in [0.25, 0.3) is 0 Å². The molecule has 0 aliphatic rings. The highest BCUT2D eigenvalue weighted by Gasteiger charge is 2.08. The van der Waals surface area contributed by atoms with Crippen molar-refractivity contribution in [2.45, 2.75) is 6.92 Å². The van der Waals surface area contributed by atoms with Crippen LogP contribution >= 0.6 is 0 Å². The second-order valence-corrected chi connectivity index (χ2v) is 4.00. The van der Waals surface area contributed by atoms with E-state index in [2.05, 4.69) is 35.1 Å². The molecule has 2 rings (SSSR count). The van der Waals surface area contributed by atoms with Crippen molar-refractivity contribution in [1.29, 1.82) is 0 Å². The molecule has 0 spiro atoms. The molecule has 0 bridgehead atoms. The van der Waals surface area contributed by atoms with Crippen LogP contribution in [0.2, 0.25) is 0 Å². The molecule has 2 aromatic rings. The monoisotopic (exact) mass is 224 g/mol. The molecule has 0 aliphatic carbocycles. The molecule has 1 aromatic heterocycles. The van der Waals surface area contributed by atoms with E-state index in [0.29, 0.717) is 0 Å². The van der Waals surface area contributed by atoms with Gasteiger partial charge in [-0.25, -0.2) is 4.98 Å². The van der Waals surface area contributed by atoms with Crippen LogP contribution in [-0.2, 0) is 0 Å². The molecule has 0 amide bonds. The Morgan fingerprint density at radius 2 is 1.94 bits per heavy atom. The summed E-state index contributed by atoms with van der Waals surface area (Å²) in [5.74, 6) is 0.865. The molecular weight excluding hydrogens is 208 g/mol. The Hall–Kier alpha value is -2.09. The lowest BCUT2D eigenvalue weighted by molar-refractivity contribution is 1.23. The van der Waals surface area contributed by atoms with Crippen LogP contribution in [-0.4, -0.2) is 12.0 Å². The van der Waals surface area contributed by atoms with Gasteiger partial charge in [-0.3, -0.25) is 0 Å². The second-order valence-electron chi connectivity index (χ2n) is 4.00. The topological polar surface area (TPSA) is 24.9 Å². The zero-order valence-electron chi connectivity index (χ0n) is 10.2. The van der Waals surface area contributed by atoms with Crippen molar-refractivity contribution in [2.24, 2.45) is 0 Å². The highest BCUT2D eigenvalue weighted by Crippen LogP contribution is 2.26. The van der Waals surface area contributed by atoms with Gasteiger partial charge in [-0.2, -0.15) is 0 Å². The van der Waals surface area contributed by atoms with Gasteiger partial charge in [0, 0.05) is 18.8 Å². The zero-order valence-corrected chi connectivity index (χ0v) is 10.2. The zero-order chi connectivity index (χ0) is 12.3. The van der Waals surface area contributed by atoms with Crippen molar-refractivity contribution < 1.29 is 0 Å². The molecule has 2 nitrogen and oxygen atoms in total. The van der Waals surface area contributed by atoms with Crippen molar-refractivity contribution in [3.05, 3.63) is 65.9 Å². The number of aromatic nitrogens is 1. The predicted molar refractivity (Wildman–Crippen MR) is 73.1 cm³/mol. The number of hydrogen-bond donors (Lipinski definition) is 1. The lowest BCUT2D eigenvalue weighted by atomic mass is 9.99. The summed E-state index contributed by atoms with van der Waals surface area (Å²) >= 11 is 0. The third-order valence-corrected chi connectivity index (χ3v) is 2.71. The summed E-state index contributed by atoms with van der Waals surface area (Å²) in [6, 6.07) is 12.3. The van der Waals surface area contributed by atoms with E-state index in [1.54, 1.807) is 0 Å². The number of anilines is 1. The molecule has 1 heterocycles. The number of benzene rings is 1. The van der Waals surface area contributed by atoms with Gasteiger partial charge in [0.2, 0.25) is 0 Å². The molecular formula is C15H16N2. The van der Waals surface area contributed by atoms with Gasteiger partial charge >= 0.3 is 0 Å². The summed E-state index contributed by atoms with van der Waals surface area (Å²) in [5, 5.41) is 3.10. The van der Waals surface area contributed by atoms with Crippen LogP contribution in [0.1, 0.15) is 16.7 Å². The summed E-state index contributed by atoms with van der Waals surface area (Å²) in [6.07, 6.45) is 1.85. The van der Waals surface area contributed by atoms with Crippen molar-refractivity contribution in [1.82, 2.24) is 4.98 Å². The first-order chi connectivity index (χ1) is 8.22. The Kier molecular flexibility index (Phi) is 3.24. The highest BCUT2D eigenvalue weighted by atomic mass is 15.0. The molecule has 1 aromatic carbocycles. The van der Waals surface area contributed by atoms with E-state index in [9.17, 15) is 0 Å². The minimum Gasteiger partial charge on any atom is -0.373 e. The minimum atomic E-state index is 0.865. The van der Waals surface area contributed by atoms with E-state index in [1.165, 1.54) is 0 Å². The van der Waals surface area contributed by atoms with Crippen molar-refractivity contribution >= 4 is 11.4 Å². The van der Waals surface area contributed by atoms with Crippen molar-refractivity contribution in [3.8, 4) is 0 Å². The van der Waals surface area contributed by atoms with Crippen LogP contribution < -0.4 is 5.32 Å². The van der Waals surface area contributed by atoms with Gasteiger partial charge in [-0.15, -0.1) is 0 Å². The number of pyridine rings is 1. The Balaban J connectivity index is 2.47. The number of aryl methyl sites for hydroxylation is 1. The summed E-state index contributed by atoms with van der Waals surface area (Å²) in [6.45, 7) is 6.20. The van der Waals surface area contributed by atoms with Gasteiger partial charge < -0.3 is 5.32 Å². The Morgan fingerprint density at radius 1 is 1.24 bits per heavy atom. The number of rotatable bonds is 3. The fourth-order valence-corrected chi connectivity index (χ4v) is 1.79. The number of nitrogens with one attached hydrogen (secondary N) is 1. The average molecular weight is 224 g/mol. The fourth-order valence-electron chi connectivity index (χ4n) is 1.79. The van der Waals surface area contributed by atoms with E-state index < -0.39 is 0 Å². The van der Waals surface area contributed by atoms with Gasteiger partial charge in [0.15, 0.2) is 0 Å². The molecule has 0 aliphatic heterocycles. The molecule has 0 atom stereocenters. The lowest BCUT2D eigenvalue weighted by Crippen LogP contribution is -1.99. The van der Waals surface area contributed by atoms with E-state index >= 15 is 0 Å². The maximum Gasteiger partial charge on any atom is 0.133 e. The van der Waals surface area contributed by atoms with Crippen LogP contribution in [0.3, 0.4) is 0 Å². The molecule has 0 radical (unpaired) electrons. The predicted octanol–water partition coefficient (Wildman–Crippen LogP) is 3.49. The smallest absolute Gasteiger partial charge is 0.133 e. The Labute approximate surface area is 102 Å². The molecule has 2 heteroatoms. The summed E-state index contributed by atoms with van der Waals surface area (Å²) in [5.41, 5.74) is 4.30. The van der Waals surface area contributed by atoms with Crippen LogP contribution in [0, 0.1) is 6.92 Å². The maximum absolute atomic E-state index is 4.37. The lowest BCUT2D eigenvalue weighted by Gasteiger charge is -2.11. The first-order valence-electron chi connectivity index (χ1n) is 5.61. The summed E-state index contributed by atoms with van der Waals surface area (Å²) in [4.78, 5) is 4.37. The maximum atomic E-state index is 4.37. The molecule has 0 unspecified atom stereocenters. The van der Waals surface area contributed by atoms with Crippen molar-refractivity contribution in [2.75, 3.05) is 12.4 Å². The average Bonchev–Trinajstić information content (AvgIpc) is 2.39. The first kappa shape index (κ1) is 11.4. The minimum absolute atomic E-state index is 0.865. The van der Waals surface area contributed by atoms with Gasteiger partial charge in [-0.05, 0) is 29.7 Å². The van der Waals surface area contributed by atoms with Gasteiger partial charge in [-0.1, -0.05) is 36.9 Å². The SMILES string of the molecule is C=C(c1ccccc1)c1cc(C)cnc1NC. The molecule has 0 fully saturated rings. The van der Waals surface area contributed by atoms with Crippen LogP contribution in [0.5, 0.6) is 0 Å². The molecule has 0 saturated heterocycles. The van der Waals surface area contributed by atoms with Crippen LogP contribution in [0.25, 0.3) is 5.57 Å². The fraction of sp³-hybridized carbons (Fsp3) is 0.133. The third-order valence-electron chi connectivity index (χ3n) is 2.71. The normalized spacial score (nSPS) is 10.0. The van der Waals surface area contributed by atoms with E-state index in [4.69, 9.17) is 0 Å². The van der Waals surface area contributed by atoms with Gasteiger partial charge in [0.05, 0.1) is 0 Å². The number of hydrogen-bond acceptors (Lipinski definition) is 2. The Morgan fingerprint density at radius 3 is 2.59 bits per heavy atom. The molecule has 17 heavy (non-hydrogen) atoms. The molecule has 1 N–H and O–H groups in total. The van der Waals surface area contributed by atoms with E-state index in [1.807, 2.05) is 38.4 Å². The highest BCUT2D eigenvalue weighted by molar-refractivity contribution is 5.83. The summed E-state index contributed by atoms with van der Waals surface area (Å²) < 4.78 is 0. The molecule has 0 saturated carbocycles. The quantitative estimate of drug-likeness (QED) is 0.863. The third kappa shape index (κ3) is 2.36. The van der Waals surface area contributed by atoms with Gasteiger partial charge in [0.1, 0.15) is 5.82 Å². The van der Waals surface area contributed by atoms with Crippen LogP contribution in [0.15, 0.2) is 49.2 Å². The first-order valence-corrected chi connectivity index (χ1v) is 5.61. The van der Waals surface area contributed by atoms with Crippen molar-refractivity contribution in [3.63, 3.8) is 0 Å². The number of nitrogens with zero attached hydrogens (tertiary/aromatic N) is 1. The second kappa shape index (κ2) is 4.83. The van der Waals surface area contributed by atoms with E-state index in [0.717, 1.165) is 28.1 Å². The summed E-state index contributed by atoms with van der Waals surface area (Å²) in [7, 11) is 1.87. The van der Waals surface area contributed by atoms with Crippen LogP contribution in [0.4, 0.5) is 5.82 Å². The Bertz CT molecular complexity index is 530. The largest absolute Gasteiger partial charge is 0.373 e. The molecule has 86 valence electrons. The van der Waals surface area contributed by atoms with E-state index in [-0.39, 0.29) is 0 Å².